The lowest BCUT2D eigenvalue weighted by Crippen LogP contribution is -2.49. The summed E-state index contributed by atoms with van der Waals surface area (Å²) in [5.74, 6) is -0.245. The molecule has 0 radical (unpaired) electrons. The molecule has 110 valence electrons. The topological polar surface area (TPSA) is 87.7 Å². The number of hydrogen-bond acceptors (Lipinski definition) is 3. The van der Waals surface area contributed by atoms with Crippen LogP contribution in [0.1, 0.15) is 37.8 Å². The maximum Gasteiger partial charge on any atom is 0.234 e. The molecule has 1 amide bonds. The van der Waals surface area contributed by atoms with Gasteiger partial charge >= 0.3 is 0 Å². The number of carbonyl (C=O) groups excluding carboxylic acids is 1. The molecule has 0 unspecified atom stereocenters. The predicted octanol–water partition coefficient (Wildman–Crippen LogP) is 2.16. The fraction of sp³-hybridized carbons (Fsp3) is 0.467. The van der Waals surface area contributed by atoms with E-state index in [0.717, 1.165) is 11.1 Å². The standard InChI is InChI=1S/C15H23N3O2/c1-4-15(5-2,13(16)18-20)14(19)17-10-12-9-7-6-8-11(12)3/h6-9,20H,4-5,10H2,1-3H3,(H2,16,18)(H,17,19). The van der Waals surface area contributed by atoms with Crippen LogP contribution in [0.25, 0.3) is 0 Å². The number of amides is 1. The number of benzene rings is 1. The highest BCUT2D eigenvalue weighted by Crippen LogP contribution is 2.27. The van der Waals surface area contributed by atoms with Crippen LogP contribution in [0.3, 0.4) is 0 Å². The highest BCUT2D eigenvalue weighted by atomic mass is 16.4. The second-order valence-corrected chi connectivity index (χ2v) is 4.88. The lowest BCUT2D eigenvalue weighted by atomic mass is 9.80. The van der Waals surface area contributed by atoms with Gasteiger partial charge in [-0.2, -0.15) is 0 Å². The summed E-state index contributed by atoms with van der Waals surface area (Å²) >= 11 is 0. The van der Waals surface area contributed by atoms with E-state index in [1.807, 2.05) is 45.0 Å². The molecule has 20 heavy (non-hydrogen) atoms. The fourth-order valence-corrected chi connectivity index (χ4v) is 2.30. The van der Waals surface area contributed by atoms with E-state index < -0.39 is 5.41 Å². The molecular formula is C15H23N3O2. The van der Waals surface area contributed by atoms with Crippen molar-refractivity contribution in [3.05, 3.63) is 35.4 Å². The number of nitrogens with one attached hydrogen (secondary N) is 1. The van der Waals surface area contributed by atoms with E-state index >= 15 is 0 Å². The van der Waals surface area contributed by atoms with Crippen molar-refractivity contribution in [2.24, 2.45) is 16.3 Å². The van der Waals surface area contributed by atoms with Gasteiger partial charge in [-0.05, 0) is 30.9 Å². The van der Waals surface area contributed by atoms with Gasteiger partial charge in [-0.15, -0.1) is 0 Å². The molecule has 0 aliphatic carbocycles. The van der Waals surface area contributed by atoms with Crippen LogP contribution in [-0.4, -0.2) is 17.0 Å². The molecule has 0 saturated carbocycles. The van der Waals surface area contributed by atoms with Gasteiger partial charge in [-0.25, -0.2) is 0 Å². The zero-order valence-electron chi connectivity index (χ0n) is 12.3. The Morgan fingerprint density at radius 1 is 1.35 bits per heavy atom. The Bertz CT molecular complexity index is 494. The van der Waals surface area contributed by atoms with Crippen LogP contribution in [-0.2, 0) is 11.3 Å². The van der Waals surface area contributed by atoms with Crippen molar-refractivity contribution in [2.45, 2.75) is 40.2 Å². The third-order valence-electron chi connectivity index (χ3n) is 3.94. The first kappa shape index (κ1) is 16.0. The minimum Gasteiger partial charge on any atom is -0.409 e. The Kier molecular flexibility index (Phi) is 5.55. The molecule has 1 aromatic carbocycles. The molecule has 4 N–H and O–H groups in total. The van der Waals surface area contributed by atoms with E-state index in [2.05, 4.69) is 10.5 Å². The number of amidine groups is 1. The van der Waals surface area contributed by atoms with Crippen LogP contribution in [0.2, 0.25) is 0 Å². The summed E-state index contributed by atoms with van der Waals surface area (Å²) in [6.07, 6.45) is 0.970. The minimum atomic E-state index is -0.947. The van der Waals surface area contributed by atoms with Gasteiger partial charge < -0.3 is 16.3 Å². The molecule has 5 heteroatoms. The largest absolute Gasteiger partial charge is 0.409 e. The van der Waals surface area contributed by atoms with E-state index in [-0.39, 0.29) is 11.7 Å². The van der Waals surface area contributed by atoms with Crippen LogP contribution in [0.15, 0.2) is 29.4 Å². The molecular weight excluding hydrogens is 254 g/mol. The van der Waals surface area contributed by atoms with Gasteiger partial charge in [-0.3, -0.25) is 4.79 Å². The van der Waals surface area contributed by atoms with Gasteiger partial charge in [0, 0.05) is 6.54 Å². The van der Waals surface area contributed by atoms with Gasteiger partial charge in [0.05, 0.1) is 0 Å². The Balaban J connectivity index is 2.86. The molecule has 1 aromatic rings. The summed E-state index contributed by atoms with van der Waals surface area (Å²) in [7, 11) is 0. The third-order valence-corrected chi connectivity index (χ3v) is 3.94. The normalized spacial score (nSPS) is 12.2. The van der Waals surface area contributed by atoms with E-state index in [1.165, 1.54) is 0 Å². The molecule has 5 nitrogen and oxygen atoms in total. The van der Waals surface area contributed by atoms with Gasteiger partial charge in [0.2, 0.25) is 5.91 Å². The monoisotopic (exact) mass is 277 g/mol. The summed E-state index contributed by atoms with van der Waals surface area (Å²) in [5.41, 5.74) is 6.94. The Morgan fingerprint density at radius 2 is 1.95 bits per heavy atom. The zero-order valence-corrected chi connectivity index (χ0v) is 12.3. The molecule has 0 atom stereocenters. The molecule has 0 bridgehead atoms. The van der Waals surface area contributed by atoms with Crippen molar-refractivity contribution in [1.82, 2.24) is 5.32 Å². The van der Waals surface area contributed by atoms with Gasteiger partial charge in [0.25, 0.3) is 0 Å². The molecule has 0 heterocycles. The van der Waals surface area contributed by atoms with Crippen LogP contribution in [0.5, 0.6) is 0 Å². The SMILES string of the molecule is CCC(CC)(C(=O)NCc1ccccc1C)C(N)=NO. The van der Waals surface area contributed by atoms with E-state index in [0.29, 0.717) is 19.4 Å². The number of oxime groups is 1. The fourth-order valence-electron chi connectivity index (χ4n) is 2.30. The van der Waals surface area contributed by atoms with Gasteiger partial charge in [0.1, 0.15) is 5.41 Å². The maximum absolute atomic E-state index is 12.4. The molecule has 0 aliphatic rings. The Hall–Kier alpha value is -2.04. The summed E-state index contributed by atoms with van der Waals surface area (Å²) in [4.78, 5) is 12.4. The average Bonchev–Trinajstić information content (AvgIpc) is 2.47. The number of hydrogen-bond donors (Lipinski definition) is 3. The van der Waals surface area contributed by atoms with E-state index in [9.17, 15) is 4.79 Å². The van der Waals surface area contributed by atoms with Crippen molar-refractivity contribution in [3.63, 3.8) is 0 Å². The first-order valence-electron chi connectivity index (χ1n) is 6.82. The smallest absolute Gasteiger partial charge is 0.234 e. The molecule has 0 fully saturated rings. The Labute approximate surface area is 119 Å². The number of nitrogens with zero attached hydrogens (tertiary/aromatic N) is 1. The van der Waals surface area contributed by atoms with Crippen LogP contribution in [0.4, 0.5) is 0 Å². The van der Waals surface area contributed by atoms with Crippen LogP contribution < -0.4 is 11.1 Å². The van der Waals surface area contributed by atoms with E-state index in [1.54, 1.807) is 0 Å². The lowest BCUT2D eigenvalue weighted by Gasteiger charge is -2.28. The third kappa shape index (κ3) is 3.10. The quantitative estimate of drug-likeness (QED) is 0.322. The lowest BCUT2D eigenvalue weighted by molar-refractivity contribution is -0.128. The highest BCUT2D eigenvalue weighted by molar-refractivity contribution is 6.06. The second-order valence-electron chi connectivity index (χ2n) is 4.88. The molecule has 0 aromatic heterocycles. The maximum atomic E-state index is 12.4. The van der Waals surface area contributed by atoms with Crippen LogP contribution in [0, 0.1) is 12.3 Å². The number of rotatable bonds is 6. The van der Waals surface area contributed by atoms with Crippen molar-refractivity contribution < 1.29 is 10.0 Å². The summed E-state index contributed by atoms with van der Waals surface area (Å²) in [6.45, 7) is 6.15. The molecule has 0 saturated heterocycles. The molecule has 0 spiro atoms. The summed E-state index contributed by atoms with van der Waals surface area (Å²) < 4.78 is 0. The number of carbonyl (C=O) groups is 1. The summed E-state index contributed by atoms with van der Waals surface area (Å²) in [6, 6.07) is 7.86. The minimum absolute atomic E-state index is 0.0372. The second kappa shape index (κ2) is 6.93. The van der Waals surface area contributed by atoms with Gasteiger partial charge in [-0.1, -0.05) is 43.3 Å². The first-order chi connectivity index (χ1) is 9.51. The first-order valence-corrected chi connectivity index (χ1v) is 6.82. The molecule has 0 aliphatic heterocycles. The van der Waals surface area contributed by atoms with Crippen LogP contribution >= 0.6 is 0 Å². The predicted molar refractivity (Wildman–Crippen MR) is 79.4 cm³/mol. The number of nitrogens with two attached hydrogens (primary N) is 1. The highest BCUT2D eigenvalue weighted by Gasteiger charge is 2.39. The molecule has 1 rings (SSSR count). The van der Waals surface area contributed by atoms with Gasteiger partial charge in [0.15, 0.2) is 5.84 Å². The van der Waals surface area contributed by atoms with Crippen molar-refractivity contribution in [3.8, 4) is 0 Å². The number of aryl methyl sites for hydroxylation is 1. The average molecular weight is 277 g/mol. The Morgan fingerprint density at radius 3 is 2.45 bits per heavy atom. The summed E-state index contributed by atoms with van der Waals surface area (Å²) in [5, 5.41) is 14.8. The van der Waals surface area contributed by atoms with Crippen molar-refractivity contribution in [1.29, 1.82) is 0 Å². The zero-order chi connectivity index (χ0) is 15.2. The van der Waals surface area contributed by atoms with E-state index in [4.69, 9.17) is 10.9 Å². The van der Waals surface area contributed by atoms with Crippen molar-refractivity contribution >= 4 is 11.7 Å². The van der Waals surface area contributed by atoms with Crippen molar-refractivity contribution in [2.75, 3.05) is 0 Å².